The Morgan fingerprint density at radius 1 is 1.17 bits per heavy atom. The third-order valence-electron chi connectivity index (χ3n) is 7.50. The maximum Gasteiger partial charge on any atom is 0.416 e. The molecule has 2 saturated heterocycles. The van der Waals surface area contributed by atoms with Gasteiger partial charge in [-0.1, -0.05) is 24.8 Å². The summed E-state index contributed by atoms with van der Waals surface area (Å²) >= 11 is 6.38. The average Bonchev–Trinajstić information content (AvgIpc) is 2.80. The van der Waals surface area contributed by atoms with Crippen molar-refractivity contribution in [1.82, 2.24) is 14.7 Å². The molecule has 0 radical (unpaired) electrons. The highest BCUT2D eigenvalue weighted by atomic mass is 35.5. The first-order chi connectivity index (χ1) is 16.5. The molecule has 1 atom stereocenters. The minimum absolute atomic E-state index is 0.0626. The third kappa shape index (κ3) is 5.54. The van der Waals surface area contributed by atoms with E-state index in [1.807, 2.05) is 11.0 Å². The van der Waals surface area contributed by atoms with Crippen LogP contribution in [0.15, 0.2) is 60.0 Å². The van der Waals surface area contributed by atoms with Crippen LogP contribution in [0.5, 0.6) is 0 Å². The summed E-state index contributed by atoms with van der Waals surface area (Å²) in [7, 11) is 0. The summed E-state index contributed by atoms with van der Waals surface area (Å²) in [4.78, 5) is 19.5. The van der Waals surface area contributed by atoms with Crippen LogP contribution in [0.1, 0.15) is 37.3 Å². The average molecular weight is 509 g/mol. The topological polar surface area (TPSA) is 52.8 Å². The van der Waals surface area contributed by atoms with Crippen LogP contribution in [0.4, 0.5) is 13.2 Å². The van der Waals surface area contributed by atoms with E-state index in [9.17, 15) is 18.0 Å². The van der Waals surface area contributed by atoms with Gasteiger partial charge in [0.15, 0.2) is 0 Å². The number of halogens is 4. The molecule has 1 amide bonds. The predicted octanol–water partition coefficient (Wildman–Crippen LogP) is 4.50. The summed E-state index contributed by atoms with van der Waals surface area (Å²) in [6.07, 6.45) is 1.60. The van der Waals surface area contributed by atoms with Gasteiger partial charge in [0.05, 0.1) is 16.5 Å². The van der Waals surface area contributed by atoms with Crippen molar-refractivity contribution in [3.05, 3.63) is 71.1 Å². The second kappa shape index (κ2) is 9.90. The first-order valence-corrected chi connectivity index (χ1v) is 12.3. The fraction of sp³-hybridized carbons (Fsp3) is 0.500. The Kier molecular flexibility index (Phi) is 7.25. The van der Waals surface area contributed by atoms with E-state index >= 15 is 0 Å². The number of nitrogens with two attached hydrogens (primary N) is 1. The van der Waals surface area contributed by atoms with E-state index in [1.165, 1.54) is 12.1 Å². The Labute approximate surface area is 209 Å². The van der Waals surface area contributed by atoms with Gasteiger partial charge in [0, 0.05) is 56.2 Å². The number of nitrogens with zero attached hydrogens (tertiary/aromatic N) is 3. The van der Waals surface area contributed by atoms with Crippen LogP contribution in [0.25, 0.3) is 0 Å². The number of benzene rings is 1. The molecular weight excluding hydrogens is 477 g/mol. The van der Waals surface area contributed by atoms with Crippen molar-refractivity contribution in [3.63, 3.8) is 0 Å². The van der Waals surface area contributed by atoms with Gasteiger partial charge in [-0.05, 0) is 50.0 Å². The zero-order valence-corrected chi connectivity index (χ0v) is 20.7. The van der Waals surface area contributed by atoms with E-state index in [0.29, 0.717) is 43.9 Å². The van der Waals surface area contributed by atoms with Crippen LogP contribution >= 0.6 is 11.6 Å². The second-order valence-electron chi connectivity index (χ2n) is 9.87. The summed E-state index contributed by atoms with van der Waals surface area (Å²) < 4.78 is 38.5. The Balaban J connectivity index is 1.32. The number of allylic oxidation sites excluding steroid dienone is 2. The molecule has 2 aliphatic heterocycles. The fourth-order valence-corrected chi connectivity index (χ4v) is 5.43. The second-order valence-corrected chi connectivity index (χ2v) is 10.4. The highest BCUT2D eigenvalue weighted by Gasteiger charge is 2.40. The molecule has 35 heavy (non-hydrogen) atoms. The van der Waals surface area contributed by atoms with Crippen molar-refractivity contribution in [3.8, 4) is 0 Å². The Bertz CT molecular complexity index is 1030. The van der Waals surface area contributed by atoms with E-state index in [0.717, 1.165) is 49.3 Å². The van der Waals surface area contributed by atoms with Gasteiger partial charge in [0.25, 0.3) is 5.91 Å². The van der Waals surface area contributed by atoms with Gasteiger partial charge in [-0.15, -0.1) is 11.6 Å². The van der Waals surface area contributed by atoms with E-state index < -0.39 is 11.7 Å². The van der Waals surface area contributed by atoms with Crippen molar-refractivity contribution in [2.24, 2.45) is 5.73 Å². The number of rotatable bonds is 4. The molecule has 9 heteroatoms. The van der Waals surface area contributed by atoms with E-state index in [1.54, 1.807) is 6.08 Å². The molecule has 3 aliphatic rings. The molecule has 2 N–H and O–H groups in total. The summed E-state index contributed by atoms with van der Waals surface area (Å²) in [5.74, 6) is -0.0697. The Morgan fingerprint density at radius 2 is 1.83 bits per heavy atom. The smallest absolute Gasteiger partial charge is 0.398 e. The Hall–Kier alpha value is -2.45. The van der Waals surface area contributed by atoms with Crippen molar-refractivity contribution >= 4 is 17.5 Å². The lowest BCUT2D eigenvalue weighted by Crippen LogP contribution is -2.59. The zero-order chi connectivity index (χ0) is 25.4. The maximum absolute atomic E-state index is 13.1. The van der Waals surface area contributed by atoms with Crippen LogP contribution in [-0.2, 0) is 17.5 Å². The van der Waals surface area contributed by atoms with Gasteiger partial charge in [-0.3, -0.25) is 9.69 Å². The maximum atomic E-state index is 13.1. The molecule has 1 aromatic rings. The monoisotopic (exact) mass is 508 g/mol. The summed E-state index contributed by atoms with van der Waals surface area (Å²) in [5, 5.41) is -0.387. The molecule has 1 unspecified atom stereocenters. The molecule has 0 saturated carbocycles. The van der Waals surface area contributed by atoms with Crippen molar-refractivity contribution in [2.45, 2.75) is 49.8 Å². The quantitative estimate of drug-likeness (QED) is 0.609. The van der Waals surface area contributed by atoms with Gasteiger partial charge in [0.2, 0.25) is 0 Å². The molecule has 1 aliphatic carbocycles. The van der Waals surface area contributed by atoms with Gasteiger partial charge in [-0.2, -0.15) is 13.2 Å². The van der Waals surface area contributed by atoms with Crippen molar-refractivity contribution in [1.29, 1.82) is 0 Å². The summed E-state index contributed by atoms with van der Waals surface area (Å²) in [5.41, 5.74) is 8.08. The molecule has 0 aromatic heterocycles. The van der Waals surface area contributed by atoms with Gasteiger partial charge < -0.3 is 15.5 Å². The molecule has 2 heterocycles. The van der Waals surface area contributed by atoms with Crippen LogP contribution < -0.4 is 5.73 Å². The van der Waals surface area contributed by atoms with Crippen molar-refractivity contribution < 1.29 is 18.0 Å². The van der Waals surface area contributed by atoms with E-state index in [2.05, 4.69) is 23.3 Å². The first-order valence-electron chi connectivity index (χ1n) is 11.9. The first kappa shape index (κ1) is 25.6. The van der Waals surface area contributed by atoms with Crippen LogP contribution in [-0.4, -0.2) is 64.2 Å². The lowest BCUT2D eigenvalue weighted by molar-refractivity contribution is -0.137. The number of carbonyl (C=O) groups excluding carboxylic acids is 1. The number of carbonyl (C=O) groups is 1. The van der Waals surface area contributed by atoms with Gasteiger partial charge in [-0.25, -0.2) is 0 Å². The standard InChI is InChI=1S/C26H32ClF3N4O/c1-18-16-34(15-14-33(18)17-19-6-8-20(9-7-19)26(28,29)30)25(2)10-12-32(13-11-25)24(35)23-21(27)4-3-5-22(23)31/h3,5-9,21H,1,4,10-17,31H2,2H3. The number of piperazine rings is 1. The number of piperidine rings is 1. The minimum atomic E-state index is -4.33. The molecule has 2 fully saturated rings. The van der Waals surface area contributed by atoms with Crippen LogP contribution in [0.2, 0.25) is 0 Å². The summed E-state index contributed by atoms with van der Waals surface area (Å²) in [6, 6.07) is 5.33. The van der Waals surface area contributed by atoms with Crippen molar-refractivity contribution in [2.75, 3.05) is 32.7 Å². The van der Waals surface area contributed by atoms with Gasteiger partial charge >= 0.3 is 6.18 Å². The van der Waals surface area contributed by atoms with Gasteiger partial charge in [0.1, 0.15) is 0 Å². The molecule has 0 spiro atoms. The molecule has 190 valence electrons. The SMILES string of the molecule is C=C1CN(C2(C)CCN(C(=O)C3=C(N)C=CCC3Cl)CC2)CCN1Cc1ccc(C(F)(F)F)cc1. The van der Waals surface area contributed by atoms with Crippen LogP contribution in [0.3, 0.4) is 0 Å². The zero-order valence-electron chi connectivity index (χ0n) is 20.0. The third-order valence-corrected chi connectivity index (χ3v) is 7.90. The molecule has 5 nitrogen and oxygen atoms in total. The number of hydrogen-bond acceptors (Lipinski definition) is 4. The summed E-state index contributed by atoms with van der Waals surface area (Å²) in [6.45, 7) is 10.6. The molecule has 1 aromatic carbocycles. The minimum Gasteiger partial charge on any atom is -0.398 e. The highest BCUT2D eigenvalue weighted by Crippen LogP contribution is 2.34. The largest absolute Gasteiger partial charge is 0.416 e. The predicted molar refractivity (Wildman–Crippen MR) is 131 cm³/mol. The Morgan fingerprint density at radius 3 is 2.40 bits per heavy atom. The number of hydrogen-bond donors (Lipinski definition) is 1. The number of alkyl halides is 4. The molecule has 0 bridgehead atoms. The fourth-order valence-electron chi connectivity index (χ4n) is 5.11. The van der Waals surface area contributed by atoms with E-state index in [4.69, 9.17) is 17.3 Å². The molecular formula is C26H32ClF3N4O. The molecule has 4 rings (SSSR count). The van der Waals surface area contributed by atoms with Crippen LogP contribution in [0, 0.1) is 0 Å². The normalized spacial score (nSPS) is 23.7. The number of likely N-dealkylation sites (tertiary alicyclic amines) is 1. The lowest BCUT2D eigenvalue weighted by Gasteiger charge is -2.50. The lowest BCUT2D eigenvalue weighted by atomic mass is 9.86. The highest BCUT2D eigenvalue weighted by molar-refractivity contribution is 6.26. The van der Waals surface area contributed by atoms with E-state index in [-0.39, 0.29) is 16.8 Å². The number of amides is 1.